The van der Waals surface area contributed by atoms with E-state index in [1.165, 1.54) is 12.0 Å². The third-order valence-electron chi connectivity index (χ3n) is 2.33. The quantitative estimate of drug-likeness (QED) is 0.736. The lowest BCUT2D eigenvalue weighted by atomic mass is 9.96. The molecule has 1 saturated heterocycles. The van der Waals surface area contributed by atoms with Crippen molar-refractivity contribution in [1.82, 2.24) is 4.90 Å². The Morgan fingerprint density at radius 3 is 2.33 bits per heavy atom. The topological polar surface area (TPSA) is 59.0 Å². The van der Waals surface area contributed by atoms with Crippen LogP contribution in [0.2, 0.25) is 0 Å². The predicted molar refractivity (Wildman–Crippen MR) is 54.6 cm³/mol. The lowest BCUT2D eigenvalue weighted by Crippen LogP contribution is -2.66. The number of hydrogen-bond acceptors (Lipinski definition) is 4. The van der Waals surface area contributed by atoms with Gasteiger partial charge in [0.15, 0.2) is 0 Å². The highest BCUT2D eigenvalue weighted by Crippen LogP contribution is 2.25. The molecule has 0 aliphatic carbocycles. The number of likely N-dealkylation sites (tertiary alicyclic amines) is 1. The highest BCUT2D eigenvalue weighted by atomic mass is 16.6. The van der Waals surface area contributed by atoms with Crippen molar-refractivity contribution in [3.05, 3.63) is 0 Å². The number of nitrogens with zero attached hydrogens (tertiary/aromatic N) is 1. The van der Waals surface area contributed by atoms with Crippen molar-refractivity contribution in [3.8, 4) is 0 Å². The van der Waals surface area contributed by atoms with Crippen LogP contribution in [0, 0.1) is 0 Å². The summed E-state index contributed by atoms with van der Waals surface area (Å²) in [6.07, 6.45) is -0.358. The van der Waals surface area contributed by atoms with Crippen molar-refractivity contribution in [2.75, 3.05) is 26.8 Å². The number of aliphatic hydroxyl groups is 1. The van der Waals surface area contributed by atoms with Gasteiger partial charge in [0.2, 0.25) is 0 Å². The molecular weight excluding hydrogens is 198 g/mol. The van der Waals surface area contributed by atoms with Gasteiger partial charge in [-0.05, 0) is 20.8 Å². The predicted octanol–water partition coefficient (Wildman–Crippen LogP) is 0.615. The van der Waals surface area contributed by atoms with Crippen LogP contribution in [0.5, 0.6) is 0 Å². The number of hydrogen-bond donors (Lipinski definition) is 1. The van der Waals surface area contributed by atoms with Crippen LogP contribution < -0.4 is 0 Å². The molecule has 0 aromatic rings. The summed E-state index contributed by atoms with van der Waals surface area (Å²) >= 11 is 0. The fourth-order valence-electron chi connectivity index (χ4n) is 1.40. The van der Waals surface area contributed by atoms with E-state index in [1.807, 2.05) is 20.8 Å². The molecule has 1 rings (SSSR count). The first kappa shape index (κ1) is 12.3. The molecule has 0 aromatic carbocycles. The second kappa shape index (κ2) is 3.98. The molecule has 0 saturated carbocycles. The van der Waals surface area contributed by atoms with Gasteiger partial charge in [-0.25, -0.2) is 4.79 Å². The molecule has 1 fully saturated rings. The summed E-state index contributed by atoms with van der Waals surface area (Å²) in [4.78, 5) is 13.0. The summed E-state index contributed by atoms with van der Waals surface area (Å²) in [6, 6.07) is 0. The van der Waals surface area contributed by atoms with Gasteiger partial charge in [-0.15, -0.1) is 0 Å². The molecule has 0 atom stereocenters. The highest BCUT2D eigenvalue weighted by Gasteiger charge is 2.46. The second-order valence-corrected chi connectivity index (χ2v) is 4.88. The fraction of sp³-hybridized carbons (Fsp3) is 0.900. The van der Waals surface area contributed by atoms with Crippen LogP contribution in [0.15, 0.2) is 0 Å². The largest absolute Gasteiger partial charge is 0.444 e. The molecule has 0 aromatic heterocycles. The van der Waals surface area contributed by atoms with Gasteiger partial charge < -0.3 is 19.5 Å². The van der Waals surface area contributed by atoms with Crippen molar-refractivity contribution in [3.63, 3.8) is 0 Å². The molecule has 5 nitrogen and oxygen atoms in total. The minimum Gasteiger partial charge on any atom is -0.444 e. The second-order valence-electron chi connectivity index (χ2n) is 4.88. The van der Waals surface area contributed by atoms with Gasteiger partial charge in [0, 0.05) is 7.11 Å². The lowest BCUT2D eigenvalue weighted by Gasteiger charge is -2.47. The number of rotatable bonds is 2. The van der Waals surface area contributed by atoms with E-state index in [1.54, 1.807) is 0 Å². The monoisotopic (exact) mass is 217 g/mol. The maximum atomic E-state index is 11.5. The van der Waals surface area contributed by atoms with E-state index in [9.17, 15) is 4.79 Å². The molecule has 15 heavy (non-hydrogen) atoms. The molecule has 1 amide bonds. The number of carbonyl (C=O) groups excluding carboxylic acids is 1. The van der Waals surface area contributed by atoms with Crippen molar-refractivity contribution in [1.29, 1.82) is 0 Å². The number of amides is 1. The Hall–Kier alpha value is -0.810. The van der Waals surface area contributed by atoms with E-state index in [0.29, 0.717) is 13.1 Å². The van der Waals surface area contributed by atoms with Crippen molar-refractivity contribution < 1.29 is 19.4 Å². The molecule has 1 aliphatic rings. The first-order valence-corrected chi connectivity index (χ1v) is 4.96. The van der Waals surface area contributed by atoms with Crippen LogP contribution in [-0.4, -0.2) is 54.1 Å². The summed E-state index contributed by atoms with van der Waals surface area (Å²) in [5.74, 6) is 0. The van der Waals surface area contributed by atoms with Gasteiger partial charge in [-0.2, -0.15) is 0 Å². The van der Waals surface area contributed by atoms with E-state index in [-0.39, 0.29) is 12.7 Å². The Bertz CT molecular complexity index is 234. The lowest BCUT2D eigenvalue weighted by molar-refractivity contribution is -0.143. The normalized spacial score (nSPS) is 19.7. The van der Waals surface area contributed by atoms with Gasteiger partial charge in [-0.1, -0.05) is 0 Å². The number of methoxy groups -OCH3 is 1. The minimum absolute atomic E-state index is 0.0806. The highest BCUT2D eigenvalue weighted by molar-refractivity contribution is 5.69. The van der Waals surface area contributed by atoms with Gasteiger partial charge in [-0.3, -0.25) is 0 Å². The maximum Gasteiger partial charge on any atom is 0.410 e. The van der Waals surface area contributed by atoms with Crippen LogP contribution in [-0.2, 0) is 9.47 Å². The summed E-state index contributed by atoms with van der Waals surface area (Å²) in [6.45, 7) is 6.15. The Morgan fingerprint density at radius 2 is 2.00 bits per heavy atom. The number of aliphatic hydroxyl groups excluding tert-OH is 1. The summed E-state index contributed by atoms with van der Waals surface area (Å²) in [5, 5.41) is 9.06. The Labute approximate surface area is 90.0 Å². The molecule has 88 valence electrons. The van der Waals surface area contributed by atoms with Crippen molar-refractivity contribution in [2.45, 2.75) is 32.0 Å². The average Bonchev–Trinajstić information content (AvgIpc) is 2.00. The summed E-state index contributed by atoms with van der Waals surface area (Å²) in [5.41, 5.74) is -1.07. The van der Waals surface area contributed by atoms with Crippen LogP contribution in [0.3, 0.4) is 0 Å². The van der Waals surface area contributed by atoms with Gasteiger partial charge in [0.25, 0.3) is 0 Å². The fourth-order valence-corrected chi connectivity index (χ4v) is 1.40. The maximum absolute atomic E-state index is 11.5. The molecule has 0 unspecified atom stereocenters. The van der Waals surface area contributed by atoms with Crippen LogP contribution in [0.1, 0.15) is 20.8 Å². The average molecular weight is 217 g/mol. The van der Waals surface area contributed by atoms with Crippen molar-refractivity contribution in [2.24, 2.45) is 0 Å². The molecule has 1 heterocycles. The third-order valence-corrected chi connectivity index (χ3v) is 2.33. The van der Waals surface area contributed by atoms with E-state index in [0.717, 1.165) is 0 Å². The molecule has 1 N–H and O–H groups in total. The molecule has 0 bridgehead atoms. The van der Waals surface area contributed by atoms with Crippen LogP contribution in [0.4, 0.5) is 4.79 Å². The summed E-state index contributed by atoms with van der Waals surface area (Å²) < 4.78 is 10.3. The molecule has 0 spiro atoms. The minimum atomic E-state index is -0.586. The van der Waals surface area contributed by atoms with Crippen molar-refractivity contribution >= 4 is 6.09 Å². The van der Waals surface area contributed by atoms with Crippen LogP contribution in [0.25, 0.3) is 0 Å². The molecule has 0 radical (unpaired) electrons. The zero-order valence-corrected chi connectivity index (χ0v) is 9.74. The Morgan fingerprint density at radius 1 is 1.47 bits per heavy atom. The zero-order valence-electron chi connectivity index (χ0n) is 9.74. The van der Waals surface area contributed by atoms with E-state index in [2.05, 4.69) is 0 Å². The summed E-state index contributed by atoms with van der Waals surface area (Å²) in [7, 11) is 1.53. The SMILES string of the molecule is COC1(CO)CN(C(=O)OC(C)(C)C)C1. The molecular formula is C10H19NO4. The Balaban J connectivity index is 2.42. The van der Waals surface area contributed by atoms with Gasteiger partial charge in [0.05, 0.1) is 19.7 Å². The number of carbonyl (C=O) groups is 1. The Kier molecular flexibility index (Phi) is 3.25. The number of ether oxygens (including phenoxy) is 2. The van der Waals surface area contributed by atoms with E-state index < -0.39 is 11.2 Å². The first-order valence-electron chi connectivity index (χ1n) is 4.96. The molecule has 1 aliphatic heterocycles. The smallest absolute Gasteiger partial charge is 0.410 e. The van der Waals surface area contributed by atoms with Gasteiger partial charge >= 0.3 is 6.09 Å². The van der Waals surface area contributed by atoms with Crippen LogP contribution >= 0.6 is 0 Å². The molecule has 5 heteroatoms. The van der Waals surface area contributed by atoms with E-state index >= 15 is 0 Å². The van der Waals surface area contributed by atoms with E-state index in [4.69, 9.17) is 14.6 Å². The third kappa shape index (κ3) is 2.82. The zero-order chi connectivity index (χ0) is 11.7. The van der Waals surface area contributed by atoms with Gasteiger partial charge in [0.1, 0.15) is 11.2 Å². The standard InChI is InChI=1S/C10H19NO4/c1-9(2,3)15-8(13)11-5-10(6-11,7-12)14-4/h12H,5-7H2,1-4H3. The first-order chi connectivity index (χ1) is 6.82.